The smallest absolute Gasteiger partial charge is 0.0874 e. The summed E-state index contributed by atoms with van der Waals surface area (Å²) < 4.78 is 5.93. The highest BCUT2D eigenvalue weighted by molar-refractivity contribution is 5.58. The predicted molar refractivity (Wildman–Crippen MR) is 83.0 cm³/mol. The molecule has 2 aliphatic rings. The van der Waals surface area contributed by atoms with Gasteiger partial charge in [0.1, 0.15) is 0 Å². The van der Waals surface area contributed by atoms with Crippen LogP contribution in [0.1, 0.15) is 18.4 Å². The van der Waals surface area contributed by atoms with Gasteiger partial charge in [-0.15, -0.1) is 0 Å². The van der Waals surface area contributed by atoms with E-state index in [4.69, 9.17) is 15.7 Å². The molecule has 3 N–H and O–H groups in total. The van der Waals surface area contributed by atoms with E-state index in [1.54, 1.807) is 0 Å². The van der Waals surface area contributed by atoms with Crippen molar-refractivity contribution < 1.29 is 4.74 Å². The molecule has 5 heteroatoms. The van der Waals surface area contributed by atoms with Gasteiger partial charge in [-0.3, -0.25) is 4.90 Å². The number of ether oxygens (including phenoxy) is 1. The third-order valence-electron chi connectivity index (χ3n) is 4.41. The maximum atomic E-state index is 8.80. The lowest BCUT2D eigenvalue weighted by atomic mass is 10.1. The molecule has 0 amide bonds. The summed E-state index contributed by atoms with van der Waals surface area (Å²) in [6.07, 6.45) is 3.15. The van der Waals surface area contributed by atoms with E-state index in [0.717, 1.165) is 30.9 Å². The van der Waals surface area contributed by atoms with Crippen LogP contribution in [0.5, 0.6) is 0 Å². The molecule has 5 nitrogen and oxygen atoms in total. The zero-order valence-electron chi connectivity index (χ0n) is 12.2. The van der Waals surface area contributed by atoms with Gasteiger partial charge in [-0.2, -0.15) is 5.26 Å². The van der Waals surface area contributed by atoms with Crippen LogP contribution in [-0.4, -0.2) is 43.3 Å². The molecule has 0 aromatic heterocycles. The molecule has 21 heavy (non-hydrogen) atoms. The van der Waals surface area contributed by atoms with E-state index in [1.165, 1.54) is 19.4 Å². The third kappa shape index (κ3) is 3.29. The van der Waals surface area contributed by atoms with Crippen LogP contribution in [0.3, 0.4) is 0 Å². The van der Waals surface area contributed by atoms with Crippen LogP contribution in [-0.2, 0) is 11.2 Å². The molecule has 0 spiro atoms. The van der Waals surface area contributed by atoms with Crippen LogP contribution in [0.2, 0.25) is 0 Å². The fourth-order valence-corrected chi connectivity index (χ4v) is 3.19. The van der Waals surface area contributed by atoms with Crippen molar-refractivity contribution in [1.82, 2.24) is 4.90 Å². The van der Waals surface area contributed by atoms with E-state index in [1.807, 2.05) is 18.2 Å². The van der Waals surface area contributed by atoms with Crippen molar-refractivity contribution in [2.24, 2.45) is 0 Å². The minimum atomic E-state index is 0.233. The molecule has 2 aliphatic heterocycles. The van der Waals surface area contributed by atoms with Gasteiger partial charge in [0.25, 0.3) is 0 Å². The second-order valence-electron chi connectivity index (χ2n) is 5.88. The highest BCUT2D eigenvalue weighted by Crippen LogP contribution is 2.23. The third-order valence-corrected chi connectivity index (χ3v) is 4.41. The van der Waals surface area contributed by atoms with Crippen molar-refractivity contribution in [3.05, 3.63) is 23.8 Å². The quantitative estimate of drug-likeness (QED) is 0.823. The number of nitrogens with two attached hydrogens (primary N) is 1. The summed E-state index contributed by atoms with van der Waals surface area (Å²) in [7, 11) is 0. The van der Waals surface area contributed by atoms with Gasteiger partial charge < -0.3 is 15.8 Å². The van der Waals surface area contributed by atoms with Crippen LogP contribution in [0, 0.1) is 11.3 Å². The first-order chi connectivity index (χ1) is 10.3. The number of anilines is 2. The summed E-state index contributed by atoms with van der Waals surface area (Å²) in [5.41, 5.74) is 8.42. The summed E-state index contributed by atoms with van der Waals surface area (Å²) in [4.78, 5) is 2.54. The average Bonchev–Trinajstić information content (AvgIpc) is 2.96. The second kappa shape index (κ2) is 6.33. The Morgan fingerprint density at radius 1 is 1.48 bits per heavy atom. The molecule has 3 rings (SSSR count). The molecule has 0 radical (unpaired) electrons. The first-order valence-corrected chi connectivity index (χ1v) is 7.61. The van der Waals surface area contributed by atoms with Crippen molar-refractivity contribution in [3.63, 3.8) is 0 Å². The van der Waals surface area contributed by atoms with Gasteiger partial charge in [0.05, 0.1) is 25.2 Å². The lowest BCUT2D eigenvalue weighted by molar-refractivity contribution is -0.0415. The van der Waals surface area contributed by atoms with Gasteiger partial charge in [-0.25, -0.2) is 0 Å². The minimum absolute atomic E-state index is 0.233. The zero-order chi connectivity index (χ0) is 14.7. The summed E-state index contributed by atoms with van der Waals surface area (Å²) in [6, 6.07) is 8.55. The Kier molecular flexibility index (Phi) is 4.28. The topological polar surface area (TPSA) is 74.3 Å². The number of rotatable bonds is 4. The van der Waals surface area contributed by atoms with Crippen molar-refractivity contribution in [2.45, 2.75) is 31.4 Å². The number of nitriles is 1. The molecule has 1 aromatic rings. The number of nitrogens with zero attached hydrogens (tertiary/aromatic N) is 2. The molecule has 1 aromatic carbocycles. The summed E-state index contributed by atoms with van der Waals surface area (Å²) in [5, 5.41) is 12.2. The van der Waals surface area contributed by atoms with Crippen LogP contribution in [0.25, 0.3) is 0 Å². The highest BCUT2D eigenvalue weighted by atomic mass is 16.5. The van der Waals surface area contributed by atoms with Crippen LogP contribution >= 0.6 is 0 Å². The van der Waals surface area contributed by atoms with Crippen molar-refractivity contribution in [1.29, 1.82) is 5.26 Å². The minimum Gasteiger partial charge on any atom is -0.398 e. The van der Waals surface area contributed by atoms with E-state index in [2.05, 4.69) is 16.3 Å². The second-order valence-corrected chi connectivity index (χ2v) is 5.88. The number of nitrogen functional groups attached to an aromatic ring is 1. The number of hydrogen-bond acceptors (Lipinski definition) is 5. The summed E-state index contributed by atoms with van der Waals surface area (Å²) in [6.45, 7) is 3.86. The highest BCUT2D eigenvalue weighted by Gasteiger charge is 2.31. The Morgan fingerprint density at radius 2 is 2.38 bits per heavy atom. The van der Waals surface area contributed by atoms with E-state index in [9.17, 15) is 0 Å². The van der Waals surface area contributed by atoms with E-state index >= 15 is 0 Å². The lowest BCUT2D eigenvalue weighted by Gasteiger charge is -2.35. The van der Waals surface area contributed by atoms with Gasteiger partial charge in [-0.05, 0) is 43.1 Å². The van der Waals surface area contributed by atoms with Crippen molar-refractivity contribution in [3.8, 4) is 6.07 Å². The fraction of sp³-hybridized carbons (Fsp3) is 0.562. The molecule has 0 bridgehead atoms. The normalized spacial score (nSPS) is 25.3. The molecule has 2 atom stereocenters. The predicted octanol–water partition coefficient (Wildman–Crippen LogP) is 1.61. The molecule has 112 valence electrons. The maximum absolute atomic E-state index is 8.80. The van der Waals surface area contributed by atoms with Gasteiger partial charge >= 0.3 is 0 Å². The van der Waals surface area contributed by atoms with E-state index < -0.39 is 0 Å². The molecule has 2 saturated heterocycles. The van der Waals surface area contributed by atoms with E-state index in [-0.39, 0.29) is 6.10 Å². The van der Waals surface area contributed by atoms with Gasteiger partial charge in [-0.1, -0.05) is 0 Å². The van der Waals surface area contributed by atoms with Gasteiger partial charge in [0, 0.05) is 30.5 Å². The molecular formula is C16H22N4O. The monoisotopic (exact) mass is 286 g/mol. The SMILES string of the molecule is N#CCc1cc(NCC2CN3CCCC3CO2)ccc1N. The average molecular weight is 286 g/mol. The Morgan fingerprint density at radius 3 is 3.24 bits per heavy atom. The number of nitrogens with one attached hydrogen (secondary N) is 1. The molecule has 0 saturated carbocycles. The Balaban J connectivity index is 1.55. The van der Waals surface area contributed by atoms with Crippen molar-refractivity contribution in [2.75, 3.05) is 37.3 Å². The van der Waals surface area contributed by atoms with E-state index in [0.29, 0.717) is 18.2 Å². The molecule has 2 heterocycles. The van der Waals surface area contributed by atoms with Gasteiger partial charge in [0.15, 0.2) is 0 Å². The fourth-order valence-electron chi connectivity index (χ4n) is 3.19. The van der Waals surface area contributed by atoms with Crippen LogP contribution < -0.4 is 11.1 Å². The molecular weight excluding hydrogens is 264 g/mol. The first-order valence-electron chi connectivity index (χ1n) is 7.61. The van der Waals surface area contributed by atoms with Gasteiger partial charge in [0.2, 0.25) is 0 Å². The van der Waals surface area contributed by atoms with Crippen LogP contribution in [0.15, 0.2) is 18.2 Å². The standard InChI is InChI=1S/C16H22N4O/c17-6-5-12-8-13(3-4-16(12)18)19-9-15-10-20-7-1-2-14(20)11-21-15/h3-4,8,14-15,19H,1-2,5,7,9-11,18H2. The zero-order valence-corrected chi connectivity index (χ0v) is 12.2. The Hall–Kier alpha value is -1.77. The maximum Gasteiger partial charge on any atom is 0.0874 e. The van der Waals surface area contributed by atoms with Crippen molar-refractivity contribution >= 4 is 11.4 Å². The summed E-state index contributed by atoms with van der Waals surface area (Å²) in [5.74, 6) is 0. The number of hydrogen-bond donors (Lipinski definition) is 2. The number of fused-ring (bicyclic) bond motifs is 1. The Labute approximate surface area is 125 Å². The lowest BCUT2D eigenvalue weighted by Crippen LogP contribution is -2.48. The molecule has 2 unspecified atom stereocenters. The number of morpholine rings is 1. The molecule has 2 fully saturated rings. The largest absolute Gasteiger partial charge is 0.398 e. The number of benzene rings is 1. The van der Waals surface area contributed by atoms with Crippen LogP contribution in [0.4, 0.5) is 11.4 Å². The Bertz CT molecular complexity index is 540. The summed E-state index contributed by atoms with van der Waals surface area (Å²) >= 11 is 0. The first kappa shape index (κ1) is 14.2. The molecule has 0 aliphatic carbocycles.